The molecule has 0 radical (unpaired) electrons. The zero-order chi connectivity index (χ0) is 18.6. The summed E-state index contributed by atoms with van der Waals surface area (Å²) in [7, 11) is -3.65. The Kier molecular flexibility index (Phi) is 6.47. The highest BCUT2D eigenvalue weighted by Crippen LogP contribution is 2.33. The van der Waals surface area contributed by atoms with E-state index in [1.54, 1.807) is 24.3 Å². The van der Waals surface area contributed by atoms with Crippen LogP contribution in [0.3, 0.4) is 0 Å². The lowest BCUT2D eigenvalue weighted by molar-refractivity contribution is 0.247. The number of hydrogen-bond acceptors (Lipinski definition) is 5. The number of aryl methyl sites for hydroxylation is 1. The summed E-state index contributed by atoms with van der Waals surface area (Å²) >= 11 is 1.93. The first-order valence-electron chi connectivity index (χ1n) is 9.10. The van der Waals surface area contributed by atoms with Gasteiger partial charge in [0.15, 0.2) is 0 Å². The second kappa shape index (κ2) is 8.63. The maximum atomic E-state index is 12.1. The van der Waals surface area contributed by atoms with Crippen molar-refractivity contribution >= 4 is 27.9 Å². The fourth-order valence-corrected chi connectivity index (χ4v) is 5.87. The van der Waals surface area contributed by atoms with Crippen LogP contribution in [-0.2, 0) is 14.3 Å². The third kappa shape index (κ3) is 4.92. The molecule has 144 valence electrons. The summed E-state index contributed by atoms with van der Waals surface area (Å²) < 4.78 is 29.3. The van der Waals surface area contributed by atoms with Crippen LogP contribution >= 0.6 is 11.8 Å². The van der Waals surface area contributed by atoms with Crippen LogP contribution in [0.5, 0.6) is 0 Å². The Morgan fingerprint density at radius 3 is 2.62 bits per heavy atom. The summed E-state index contributed by atoms with van der Waals surface area (Å²) in [6, 6.07) is 7.18. The molecule has 0 aliphatic carbocycles. The zero-order valence-corrected chi connectivity index (χ0v) is 16.6. The molecular formula is C18H26N2O4S2. The topological polar surface area (TPSA) is 84.5 Å². The normalized spacial score (nSPS) is 25.0. The van der Waals surface area contributed by atoms with Gasteiger partial charge in [0.2, 0.25) is 0 Å². The van der Waals surface area contributed by atoms with Gasteiger partial charge in [-0.2, -0.15) is 20.2 Å². The van der Waals surface area contributed by atoms with E-state index in [-0.39, 0.29) is 29.6 Å². The SMILES string of the molecule is Cc1ccc(S(=O)(=O)OCCCCCC[C@@H]2SC[C@@H]3NC(=O)N[C@@H]32)cc1. The van der Waals surface area contributed by atoms with Crippen molar-refractivity contribution in [3.63, 3.8) is 0 Å². The average Bonchev–Trinajstić information content (AvgIpc) is 3.14. The summed E-state index contributed by atoms with van der Waals surface area (Å²) in [5, 5.41) is 6.44. The molecule has 1 aromatic rings. The Balaban J connectivity index is 1.29. The molecule has 2 aliphatic rings. The van der Waals surface area contributed by atoms with E-state index in [0.29, 0.717) is 5.25 Å². The van der Waals surface area contributed by atoms with Crippen molar-refractivity contribution in [2.75, 3.05) is 12.4 Å². The molecule has 0 aromatic heterocycles. The standard InChI is InChI=1S/C18H26N2O4S2/c1-13-7-9-14(10-8-13)26(22,23)24-11-5-3-2-4-6-16-17-15(12-25-16)19-18(21)20-17/h7-10,15-17H,2-6,11-12H2,1H3,(H2,19,20,21)/t15-,16-,17-/m0/s1. The van der Waals surface area contributed by atoms with Gasteiger partial charge in [-0.05, 0) is 31.9 Å². The van der Waals surface area contributed by atoms with Crippen molar-refractivity contribution in [1.82, 2.24) is 10.6 Å². The summed E-state index contributed by atoms with van der Waals surface area (Å²) in [5.74, 6) is 0.985. The van der Waals surface area contributed by atoms with Crippen molar-refractivity contribution in [1.29, 1.82) is 0 Å². The van der Waals surface area contributed by atoms with Crippen molar-refractivity contribution < 1.29 is 17.4 Å². The van der Waals surface area contributed by atoms with Crippen LogP contribution < -0.4 is 10.6 Å². The first-order chi connectivity index (χ1) is 12.5. The highest BCUT2D eigenvalue weighted by atomic mass is 32.2. The van der Waals surface area contributed by atoms with Gasteiger partial charge in [0.25, 0.3) is 10.1 Å². The Morgan fingerprint density at radius 2 is 1.85 bits per heavy atom. The van der Waals surface area contributed by atoms with Crippen LogP contribution in [0.4, 0.5) is 4.79 Å². The summed E-state index contributed by atoms with van der Waals surface area (Å²) in [6.45, 7) is 2.14. The van der Waals surface area contributed by atoms with E-state index < -0.39 is 10.1 Å². The molecule has 2 N–H and O–H groups in total. The highest BCUT2D eigenvalue weighted by Gasteiger charge is 2.42. The number of rotatable bonds is 9. The summed E-state index contributed by atoms with van der Waals surface area (Å²) in [5.41, 5.74) is 1.02. The Bertz CT molecular complexity index is 721. The maximum absolute atomic E-state index is 12.1. The van der Waals surface area contributed by atoms with E-state index in [2.05, 4.69) is 10.6 Å². The van der Waals surface area contributed by atoms with Gasteiger partial charge >= 0.3 is 6.03 Å². The number of hydrogen-bond donors (Lipinski definition) is 2. The van der Waals surface area contributed by atoms with E-state index in [1.165, 1.54) is 0 Å². The van der Waals surface area contributed by atoms with Gasteiger partial charge in [0.05, 0.1) is 23.6 Å². The van der Waals surface area contributed by atoms with Gasteiger partial charge in [-0.25, -0.2) is 4.79 Å². The largest absolute Gasteiger partial charge is 0.332 e. The van der Waals surface area contributed by atoms with Crippen LogP contribution in [0.15, 0.2) is 29.2 Å². The minimum absolute atomic E-state index is 0.0442. The number of thioether (sulfide) groups is 1. The van der Waals surface area contributed by atoms with E-state index in [4.69, 9.17) is 4.18 Å². The summed E-state index contributed by atoms with van der Waals surface area (Å²) in [4.78, 5) is 11.6. The van der Waals surface area contributed by atoms with Crippen LogP contribution in [-0.4, -0.2) is 44.1 Å². The first kappa shape index (κ1) is 19.5. The minimum atomic E-state index is -3.65. The van der Waals surface area contributed by atoms with Crippen molar-refractivity contribution in [3.8, 4) is 0 Å². The van der Waals surface area contributed by atoms with Gasteiger partial charge in [0.1, 0.15) is 0 Å². The molecular weight excluding hydrogens is 372 g/mol. The molecule has 0 bridgehead atoms. The van der Waals surface area contributed by atoms with E-state index in [0.717, 1.165) is 43.4 Å². The number of benzene rings is 1. The molecule has 26 heavy (non-hydrogen) atoms. The molecule has 2 fully saturated rings. The van der Waals surface area contributed by atoms with Crippen LogP contribution in [0.2, 0.25) is 0 Å². The second-order valence-corrected chi connectivity index (χ2v) is 9.80. The number of fused-ring (bicyclic) bond motifs is 1. The molecule has 0 spiro atoms. The summed E-state index contributed by atoms with van der Waals surface area (Å²) in [6.07, 6.45) is 4.88. The molecule has 3 atom stereocenters. The first-order valence-corrected chi connectivity index (χ1v) is 11.6. The molecule has 2 aliphatic heterocycles. The lowest BCUT2D eigenvalue weighted by Crippen LogP contribution is -2.36. The van der Waals surface area contributed by atoms with Gasteiger partial charge < -0.3 is 10.6 Å². The van der Waals surface area contributed by atoms with Gasteiger partial charge in [-0.15, -0.1) is 0 Å². The highest BCUT2D eigenvalue weighted by molar-refractivity contribution is 8.00. The Hall–Kier alpha value is -1.25. The van der Waals surface area contributed by atoms with E-state index >= 15 is 0 Å². The lowest BCUT2D eigenvalue weighted by Gasteiger charge is -2.16. The lowest BCUT2D eigenvalue weighted by atomic mass is 10.0. The third-order valence-corrected chi connectivity index (χ3v) is 7.70. The second-order valence-electron chi connectivity index (χ2n) is 6.91. The number of nitrogens with one attached hydrogen (secondary N) is 2. The number of amides is 2. The van der Waals surface area contributed by atoms with Crippen molar-refractivity contribution in [2.45, 2.75) is 61.3 Å². The number of unbranched alkanes of at least 4 members (excludes halogenated alkanes) is 3. The number of carbonyl (C=O) groups is 1. The molecule has 2 heterocycles. The minimum Gasteiger partial charge on any atom is -0.332 e. The number of urea groups is 1. The Labute approximate surface area is 159 Å². The van der Waals surface area contributed by atoms with Crippen LogP contribution in [0.25, 0.3) is 0 Å². The van der Waals surface area contributed by atoms with Gasteiger partial charge in [-0.3, -0.25) is 4.18 Å². The molecule has 0 unspecified atom stereocenters. The third-order valence-electron chi connectivity index (χ3n) is 4.87. The predicted octanol–water partition coefficient (Wildman–Crippen LogP) is 2.82. The maximum Gasteiger partial charge on any atom is 0.315 e. The molecule has 3 rings (SSSR count). The molecule has 2 saturated heterocycles. The number of carbonyl (C=O) groups excluding carboxylic acids is 1. The predicted molar refractivity (Wildman–Crippen MR) is 103 cm³/mol. The zero-order valence-electron chi connectivity index (χ0n) is 14.9. The molecule has 8 heteroatoms. The van der Waals surface area contributed by atoms with Gasteiger partial charge in [-0.1, -0.05) is 37.0 Å². The monoisotopic (exact) mass is 398 g/mol. The molecule has 0 saturated carbocycles. The molecule has 6 nitrogen and oxygen atoms in total. The van der Waals surface area contributed by atoms with Crippen LogP contribution in [0, 0.1) is 6.92 Å². The van der Waals surface area contributed by atoms with E-state index in [9.17, 15) is 13.2 Å². The van der Waals surface area contributed by atoms with Crippen LogP contribution in [0.1, 0.15) is 37.7 Å². The molecule has 1 aromatic carbocycles. The van der Waals surface area contributed by atoms with Crippen molar-refractivity contribution in [2.24, 2.45) is 0 Å². The van der Waals surface area contributed by atoms with Crippen molar-refractivity contribution in [3.05, 3.63) is 29.8 Å². The van der Waals surface area contributed by atoms with E-state index in [1.807, 2.05) is 18.7 Å². The molecule has 2 amide bonds. The average molecular weight is 399 g/mol. The van der Waals surface area contributed by atoms with Gasteiger partial charge in [0, 0.05) is 11.0 Å². The quantitative estimate of drug-likeness (QED) is 0.380. The fraction of sp³-hybridized carbons (Fsp3) is 0.611. The Morgan fingerprint density at radius 1 is 1.12 bits per heavy atom. The fourth-order valence-electron chi connectivity index (χ4n) is 3.39. The smallest absolute Gasteiger partial charge is 0.315 e.